The molecular formula is C18H15NO4. The van der Waals surface area contributed by atoms with Crippen molar-refractivity contribution >= 4 is 22.6 Å². The number of nitrogens with one attached hydrogen (secondary N) is 1. The van der Waals surface area contributed by atoms with Gasteiger partial charge in [-0.15, -0.1) is 0 Å². The Hall–Kier alpha value is -3.08. The normalized spacial score (nSPS) is 10.5. The highest BCUT2D eigenvalue weighted by molar-refractivity contribution is 6.03. The smallest absolute Gasteiger partial charge is 0.291 e. The van der Waals surface area contributed by atoms with Gasteiger partial charge in [0.25, 0.3) is 5.91 Å². The Bertz CT molecular complexity index is 943. The number of carbonyl (C=O) groups is 1. The van der Waals surface area contributed by atoms with Crippen molar-refractivity contribution in [1.82, 2.24) is 0 Å². The van der Waals surface area contributed by atoms with E-state index in [-0.39, 0.29) is 11.2 Å². The van der Waals surface area contributed by atoms with Crippen LogP contribution in [-0.4, -0.2) is 13.0 Å². The Labute approximate surface area is 132 Å². The molecule has 5 heteroatoms. The van der Waals surface area contributed by atoms with Gasteiger partial charge in [0.2, 0.25) is 0 Å². The zero-order valence-electron chi connectivity index (χ0n) is 12.8. The summed E-state index contributed by atoms with van der Waals surface area (Å²) in [5.74, 6) is -0.0196. The number of amides is 1. The maximum absolute atomic E-state index is 12.4. The molecule has 0 saturated carbocycles. The van der Waals surface area contributed by atoms with Gasteiger partial charge < -0.3 is 14.5 Å². The number of aryl methyl sites for hydroxylation is 1. The monoisotopic (exact) mass is 309 g/mol. The van der Waals surface area contributed by atoms with Crippen molar-refractivity contribution in [1.29, 1.82) is 0 Å². The van der Waals surface area contributed by atoms with Crippen LogP contribution >= 0.6 is 0 Å². The number of benzene rings is 2. The van der Waals surface area contributed by atoms with Gasteiger partial charge in [-0.1, -0.05) is 18.2 Å². The minimum absolute atomic E-state index is 0.0426. The largest absolute Gasteiger partial charge is 0.495 e. The Morgan fingerprint density at radius 2 is 1.91 bits per heavy atom. The number of rotatable bonds is 3. The molecule has 116 valence electrons. The predicted octanol–water partition coefficient (Wildman–Crippen LogP) is 3.36. The zero-order chi connectivity index (χ0) is 16.4. The fraction of sp³-hybridized carbons (Fsp3) is 0.111. The molecule has 1 N–H and O–H groups in total. The van der Waals surface area contributed by atoms with Gasteiger partial charge in [0, 0.05) is 6.07 Å². The average Bonchev–Trinajstić information content (AvgIpc) is 2.54. The van der Waals surface area contributed by atoms with Crippen molar-refractivity contribution in [2.45, 2.75) is 6.92 Å². The second-order valence-electron chi connectivity index (χ2n) is 5.13. The molecule has 0 spiro atoms. The van der Waals surface area contributed by atoms with Crippen LogP contribution < -0.4 is 15.5 Å². The lowest BCUT2D eigenvalue weighted by molar-refractivity contribution is 0.0997. The van der Waals surface area contributed by atoms with E-state index in [0.717, 1.165) is 5.56 Å². The summed E-state index contributed by atoms with van der Waals surface area (Å²) >= 11 is 0. The number of para-hydroxylation sites is 2. The Balaban J connectivity index is 1.99. The molecule has 0 saturated heterocycles. The summed E-state index contributed by atoms with van der Waals surface area (Å²) < 4.78 is 10.8. The molecule has 23 heavy (non-hydrogen) atoms. The van der Waals surface area contributed by atoms with Crippen molar-refractivity contribution in [3.63, 3.8) is 0 Å². The van der Waals surface area contributed by atoms with Crippen LogP contribution in [-0.2, 0) is 0 Å². The van der Waals surface area contributed by atoms with Gasteiger partial charge in [-0.3, -0.25) is 9.59 Å². The Morgan fingerprint density at radius 3 is 2.70 bits per heavy atom. The van der Waals surface area contributed by atoms with Gasteiger partial charge in [-0.05, 0) is 36.8 Å². The van der Waals surface area contributed by atoms with E-state index in [9.17, 15) is 9.59 Å². The fourth-order valence-corrected chi connectivity index (χ4v) is 2.31. The summed E-state index contributed by atoms with van der Waals surface area (Å²) in [5.41, 5.74) is 1.59. The van der Waals surface area contributed by atoms with E-state index in [1.807, 2.05) is 13.0 Å². The molecule has 1 amide bonds. The van der Waals surface area contributed by atoms with E-state index < -0.39 is 5.91 Å². The van der Waals surface area contributed by atoms with Crippen LogP contribution in [0.3, 0.4) is 0 Å². The van der Waals surface area contributed by atoms with Gasteiger partial charge >= 0.3 is 0 Å². The van der Waals surface area contributed by atoms with Gasteiger partial charge in [0.05, 0.1) is 18.2 Å². The first-order chi connectivity index (χ1) is 11.1. The van der Waals surface area contributed by atoms with Crippen LogP contribution in [0.25, 0.3) is 11.0 Å². The van der Waals surface area contributed by atoms with Gasteiger partial charge in [-0.2, -0.15) is 0 Å². The lowest BCUT2D eigenvalue weighted by Crippen LogP contribution is -2.15. The first-order valence-electron chi connectivity index (χ1n) is 7.07. The highest BCUT2D eigenvalue weighted by Gasteiger charge is 2.14. The number of methoxy groups -OCH3 is 1. The zero-order valence-corrected chi connectivity index (χ0v) is 12.8. The van der Waals surface area contributed by atoms with Crippen LogP contribution in [0.1, 0.15) is 16.1 Å². The predicted molar refractivity (Wildman–Crippen MR) is 88.2 cm³/mol. The molecule has 1 heterocycles. The van der Waals surface area contributed by atoms with Crippen LogP contribution in [0, 0.1) is 6.92 Å². The molecule has 0 atom stereocenters. The number of hydrogen-bond donors (Lipinski definition) is 1. The minimum atomic E-state index is -0.505. The summed E-state index contributed by atoms with van der Waals surface area (Å²) in [4.78, 5) is 24.5. The molecule has 0 aliphatic carbocycles. The molecule has 0 bridgehead atoms. The van der Waals surface area contributed by atoms with E-state index in [2.05, 4.69) is 5.32 Å². The van der Waals surface area contributed by atoms with Crippen molar-refractivity contribution in [2.24, 2.45) is 0 Å². The maximum atomic E-state index is 12.4. The summed E-state index contributed by atoms with van der Waals surface area (Å²) in [6.45, 7) is 1.89. The number of hydrogen-bond acceptors (Lipinski definition) is 4. The van der Waals surface area contributed by atoms with E-state index in [1.165, 1.54) is 13.2 Å². The Kier molecular flexibility index (Phi) is 3.85. The quantitative estimate of drug-likeness (QED) is 0.805. The van der Waals surface area contributed by atoms with Gasteiger partial charge in [-0.25, -0.2) is 0 Å². The lowest BCUT2D eigenvalue weighted by atomic mass is 10.1. The molecule has 0 aliphatic heterocycles. The third kappa shape index (κ3) is 2.94. The molecule has 0 radical (unpaired) electrons. The molecule has 0 unspecified atom stereocenters. The second kappa shape index (κ2) is 5.96. The van der Waals surface area contributed by atoms with E-state index >= 15 is 0 Å². The molecule has 3 rings (SSSR count). The fourth-order valence-electron chi connectivity index (χ4n) is 2.31. The first-order valence-corrected chi connectivity index (χ1v) is 7.07. The standard InChI is InChI=1S/C18H15NO4/c1-11-7-8-12-14(20)10-17(23-16(12)9-11)18(21)19-13-5-3-4-6-15(13)22-2/h3-10H,1-2H3,(H,19,21). The molecule has 1 aromatic heterocycles. The van der Waals surface area contributed by atoms with Crippen molar-refractivity contribution in [3.8, 4) is 5.75 Å². The number of anilines is 1. The number of carbonyl (C=O) groups excluding carboxylic acids is 1. The molecule has 0 aliphatic rings. The minimum Gasteiger partial charge on any atom is -0.495 e. The maximum Gasteiger partial charge on any atom is 0.291 e. The SMILES string of the molecule is COc1ccccc1NC(=O)c1cc(=O)c2ccc(C)cc2o1. The topological polar surface area (TPSA) is 68.5 Å². The summed E-state index contributed by atoms with van der Waals surface area (Å²) in [7, 11) is 1.52. The molecular weight excluding hydrogens is 294 g/mol. The van der Waals surface area contributed by atoms with Crippen LogP contribution in [0.2, 0.25) is 0 Å². The number of ether oxygens (including phenoxy) is 1. The molecule has 5 nitrogen and oxygen atoms in total. The average molecular weight is 309 g/mol. The molecule has 0 fully saturated rings. The summed E-state index contributed by atoms with van der Waals surface area (Å²) in [6, 6.07) is 13.5. The lowest BCUT2D eigenvalue weighted by Gasteiger charge is -2.09. The van der Waals surface area contributed by atoms with E-state index in [1.54, 1.807) is 36.4 Å². The van der Waals surface area contributed by atoms with E-state index in [0.29, 0.717) is 22.4 Å². The molecule has 2 aromatic carbocycles. The van der Waals surface area contributed by atoms with Crippen molar-refractivity contribution < 1.29 is 13.9 Å². The van der Waals surface area contributed by atoms with Crippen LogP contribution in [0.15, 0.2) is 57.7 Å². The highest BCUT2D eigenvalue weighted by Crippen LogP contribution is 2.24. The van der Waals surface area contributed by atoms with Crippen molar-refractivity contribution in [3.05, 3.63) is 70.1 Å². The van der Waals surface area contributed by atoms with Crippen LogP contribution in [0.4, 0.5) is 5.69 Å². The summed E-state index contributed by atoms with van der Waals surface area (Å²) in [5, 5.41) is 3.14. The van der Waals surface area contributed by atoms with E-state index in [4.69, 9.17) is 9.15 Å². The highest BCUT2D eigenvalue weighted by atomic mass is 16.5. The summed E-state index contributed by atoms with van der Waals surface area (Å²) in [6.07, 6.45) is 0. The van der Waals surface area contributed by atoms with Crippen molar-refractivity contribution in [2.75, 3.05) is 12.4 Å². The third-order valence-electron chi connectivity index (χ3n) is 3.46. The number of fused-ring (bicyclic) bond motifs is 1. The van der Waals surface area contributed by atoms with Gasteiger partial charge in [0.1, 0.15) is 11.3 Å². The second-order valence-corrected chi connectivity index (χ2v) is 5.13. The Morgan fingerprint density at radius 1 is 1.13 bits per heavy atom. The van der Waals surface area contributed by atoms with Gasteiger partial charge in [0.15, 0.2) is 11.2 Å². The first kappa shape index (κ1) is 14.8. The molecule has 3 aromatic rings. The third-order valence-corrected chi connectivity index (χ3v) is 3.46. The van der Waals surface area contributed by atoms with Crippen LogP contribution in [0.5, 0.6) is 5.75 Å².